The Morgan fingerprint density at radius 3 is 2.38 bits per heavy atom. The standard InChI is InChI=1S/C20H12O5.C10H12N5O6P/c21-11-5-7-15-17(9-11)24-18-10-12(22)6-8-16(18)20(15)14-4-2-1-3-13(14)19(23)25-20;11-8-5-9(13-2-12-8)15(3-14-5)10-6(16)7-4(20-10)1-19-22(17,18)21-7/h1-10,21-22H;2-4,6-7,10,16H,1H2,(H,17,18)(H2,11,12,13)/t;4-,6-,7-,10-/m.1/s1. The number of hydrogen-bond acceptors (Lipinski definition) is 14. The number of phosphoric acid groups is 1. The molecule has 4 aliphatic rings. The number of anilines is 1. The second-order valence-electron chi connectivity index (χ2n) is 11.1. The number of aliphatic hydroxyl groups is 1. The number of hydrogen-bond donors (Lipinski definition) is 5. The van der Waals surface area contributed by atoms with Gasteiger partial charge in [-0.1, -0.05) is 18.2 Å². The number of nitrogens with zero attached hydrogens (tertiary/aromatic N) is 4. The van der Waals surface area contributed by atoms with E-state index in [1.54, 1.807) is 24.3 Å². The van der Waals surface area contributed by atoms with E-state index in [0.29, 0.717) is 44.9 Å². The largest absolute Gasteiger partial charge is 0.508 e. The number of phenolic OH excluding ortho intramolecular Hbond substituents is 2. The van der Waals surface area contributed by atoms with E-state index in [0.717, 1.165) is 0 Å². The molecule has 1 unspecified atom stereocenters. The van der Waals surface area contributed by atoms with Crippen LogP contribution in [0.25, 0.3) is 11.2 Å². The van der Waals surface area contributed by atoms with Gasteiger partial charge in [0.15, 0.2) is 23.3 Å². The summed E-state index contributed by atoms with van der Waals surface area (Å²) < 4.78 is 39.9. The lowest BCUT2D eigenvalue weighted by atomic mass is 9.77. The van der Waals surface area contributed by atoms with Crippen LogP contribution in [0.4, 0.5) is 5.82 Å². The van der Waals surface area contributed by atoms with Crippen molar-refractivity contribution in [2.75, 3.05) is 12.3 Å². The van der Waals surface area contributed by atoms with Crippen molar-refractivity contribution < 1.29 is 52.8 Å². The van der Waals surface area contributed by atoms with Crippen LogP contribution >= 0.6 is 7.82 Å². The highest BCUT2D eigenvalue weighted by Crippen LogP contribution is 2.57. The Morgan fingerprint density at radius 2 is 1.66 bits per heavy atom. The predicted molar refractivity (Wildman–Crippen MR) is 158 cm³/mol. The Kier molecular flexibility index (Phi) is 6.53. The van der Waals surface area contributed by atoms with Gasteiger partial charge in [0.1, 0.15) is 53.2 Å². The van der Waals surface area contributed by atoms with E-state index in [1.165, 1.54) is 41.5 Å². The van der Waals surface area contributed by atoms with Crippen molar-refractivity contribution in [2.24, 2.45) is 0 Å². The van der Waals surface area contributed by atoms with Crippen LogP contribution in [0.3, 0.4) is 0 Å². The maximum absolute atomic E-state index is 12.5. The van der Waals surface area contributed by atoms with Gasteiger partial charge in [-0.15, -0.1) is 0 Å². The first kappa shape index (κ1) is 29.3. The minimum atomic E-state index is -4.16. The zero-order valence-corrected chi connectivity index (χ0v) is 24.8. The molecule has 6 N–H and O–H groups in total. The molecule has 6 heterocycles. The van der Waals surface area contributed by atoms with Crippen LogP contribution in [0.2, 0.25) is 0 Å². The Balaban J connectivity index is 0.000000139. The van der Waals surface area contributed by atoms with Crippen LogP contribution in [0.1, 0.15) is 33.3 Å². The van der Waals surface area contributed by atoms with Gasteiger partial charge in [-0.05, 0) is 30.3 Å². The second kappa shape index (κ2) is 10.5. The molecule has 1 spiro atoms. The summed E-state index contributed by atoms with van der Waals surface area (Å²) in [5.74, 6) is 0.610. The number of imidazole rings is 1. The van der Waals surface area contributed by atoms with Crippen molar-refractivity contribution >= 4 is 30.8 Å². The van der Waals surface area contributed by atoms with Gasteiger partial charge in [-0.25, -0.2) is 24.3 Å². The molecule has 2 saturated heterocycles. The van der Waals surface area contributed by atoms with Crippen LogP contribution in [-0.4, -0.2) is 70.6 Å². The third-order valence-corrected chi connectivity index (χ3v) is 9.29. The fraction of sp³-hybridized carbons (Fsp3) is 0.200. The van der Waals surface area contributed by atoms with E-state index in [-0.39, 0.29) is 23.9 Å². The minimum absolute atomic E-state index is 0.0371. The molecular weight excluding hydrogens is 637 g/mol. The summed E-state index contributed by atoms with van der Waals surface area (Å²) in [6, 6.07) is 16.6. The van der Waals surface area contributed by atoms with Crippen molar-refractivity contribution in [3.05, 3.63) is 95.6 Å². The number of phenols is 2. The van der Waals surface area contributed by atoms with Crippen molar-refractivity contribution in [2.45, 2.75) is 30.1 Å². The van der Waals surface area contributed by atoms with Crippen molar-refractivity contribution in [3.63, 3.8) is 0 Å². The first-order valence-corrected chi connectivity index (χ1v) is 15.7. The molecule has 2 aromatic heterocycles. The normalized spacial score (nSPS) is 26.3. The highest BCUT2D eigenvalue weighted by Gasteiger charge is 2.54. The molecule has 3 aromatic carbocycles. The van der Waals surface area contributed by atoms with E-state index < -0.39 is 43.9 Å². The number of benzene rings is 3. The lowest BCUT2D eigenvalue weighted by Gasteiger charge is -2.36. The topological polar surface area (TPSA) is 231 Å². The zero-order chi connectivity index (χ0) is 32.7. The molecule has 4 aliphatic heterocycles. The summed E-state index contributed by atoms with van der Waals surface area (Å²) in [5, 5.41) is 30.0. The van der Waals surface area contributed by atoms with Gasteiger partial charge in [0.25, 0.3) is 0 Å². The molecule has 0 amide bonds. The van der Waals surface area contributed by atoms with Gasteiger partial charge in [0, 0.05) is 28.8 Å². The molecule has 0 radical (unpaired) electrons. The first-order chi connectivity index (χ1) is 22.6. The smallest absolute Gasteiger partial charge is 0.472 e. The number of rotatable bonds is 1. The van der Waals surface area contributed by atoms with Gasteiger partial charge < -0.3 is 40.2 Å². The summed E-state index contributed by atoms with van der Waals surface area (Å²) in [6.07, 6.45) is -1.07. The Bertz CT molecular complexity index is 2090. The second-order valence-corrected chi connectivity index (χ2v) is 12.5. The van der Waals surface area contributed by atoms with Gasteiger partial charge in [0.05, 0.1) is 18.5 Å². The number of phosphoric ester groups is 1. The highest BCUT2D eigenvalue weighted by molar-refractivity contribution is 7.47. The molecule has 240 valence electrons. The van der Waals surface area contributed by atoms with Crippen LogP contribution in [0.5, 0.6) is 23.0 Å². The third kappa shape index (κ3) is 4.53. The zero-order valence-electron chi connectivity index (χ0n) is 23.9. The van der Waals surface area contributed by atoms with Crippen LogP contribution in [0.15, 0.2) is 73.3 Å². The highest BCUT2D eigenvalue weighted by atomic mass is 31.2. The van der Waals surface area contributed by atoms with Gasteiger partial charge in [-0.3, -0.25) is 13.6 Å². The first-order valence-electron chi connectivity index (χ1n) is 14.2. The maximum atomic E-state index is 12.5. The quantitative estimate of drug-likeness (QED) is 0.128. The average Bonchev–Trinajstić information content (AvgIpc) is 3.70. The molecule has 0 saturated carbocycles. The summed E-state index contributed by atoms with van der Waals surface area (Å²) in [4.78, 5) is 33.9. The van der Waals surface area contributed by atoms with E-state index >= 15 is 0 Å². The Morgan fingerprint density at radius 1 is 0.957 bits per heavy atom. The lowest BCUT2D eigenvalue weighted by Crippen LogP contribution is -2.39. The molecule has 17 heteroatoms. The summed E-state index contributed by atoms with van der Waals surface area (Å²) in [7, 11) is -4.16. The monoisotopic (exact) mass is 661 g/mol. The third-order valence-electron chi connectivity index (χ3n) is 8.31. The average molecular weight is 662 g/mol. The van der Waals surface area contributed by atoms with E-state index in [4.69, 9.17) is 24.5 Å². The maximum Gasteiger partial charge on any atom is 0.472 e. The van der Waals surface area contributed by atoms with Crippen LogP contribution < -0.4 is 10.5 Å². The molecule has 47 heavy (non-hydrogen) atoms. The molecule has 5 aromatic rings. The summed E-state index contributed by atoms with van der Waals surface area (Å²) in [5.41, 5.74) is 7.75. The Labute approximate surface area is 264 Å². The fourth-order valence-corrected chi connectivity index (χ4v) is 7.24. The molecule has 0 aliphatic carbocycles. The number of esters is 1. The molecule has 5 atom stereocenters. The number of carbonyl (C=O) groups is 1. The SMILES string of the molecule is Nc1ncnc2c1ncn2[C@@H]1O[C@@H]2COP(=O)(O)O[C@H]2[C@H]1O.O=C1OC2(c3ccc(O)cc3Oc3cc(O)ccc32)c2ccccc21. The lowest BCUT2D eigenvalue weighted by molar-refractivity contribution is -0.0664. The van der Waals surface area contributed by atoms with Crippen molar-refractivity contribution in [1.29, 1.82) is 0 Å². The molecule has 16 nitrogen and oxygen atoms in total. The molecule has 2 fully saturated rings. The number of carbonyl (C=O) groups excluding carboxylic acids is 1. The van der Waals surface area contributed by atoms with Crippen LogP contribution in [0, 0.1) is 0 Å². The van der Waals surface area contributed by atoms with Crippen molar-refractivity contribution in [3.8, 4) is 23.0 Å². The fourth-order valence-electron chi connectivity index (χ4n) is 6.28. The number of aromatic nitrogens is 4. The van der Waals surface area contributed by atoms with Gasteiger partial charge in [0.2, 0.25) is 0 Å². The predicted octanol–water partition coefficient (Wildman–Crippen LogP) is 2.85. The molecule has 9 rings (SSSR count). The molecular formula is C30H24N5O11P. The number of nitrogen functional groups attached to an aromatic ring is 1. The summed E-state index contributed by atoms with van der Waals surface area (Å²) in [6.45, 7) is -0.157. The van der Waals surface area contributed by atoms with Crippen LogP contribution in [-0.2, 0) is 28.7 Å². The number of fused-ring (bicyclic) bond motifs is 8. The van der Waals surface area contributed by atoms with E-state index in [2.05, 4.69) is 19.5 Å². The molecule has 0 bridgehead atoms. The number of ether oxygens (including phenoxy) is 3. The van der Waals surface area contributed by atoms with Gasteiger partial charge >= 0.3 is 13.8 Å². The Hall–Kier alpha value is -5.09. The van der Waals surface area contributed by atoms with E-state index in [1.807, 2.05) is 12.1 Å². The summed E-state index contributed by atoms with van der Waals surface area (Å²) >= 11 is 0. The van der Waals surface area contributed by atoms with Crippen molar-refractivity contribution in [1.82, 2.24) is 19.5 Å². The number of aliphatic hydroxyl groups excluding tert-OH is 1. The van der Waals surface area contributed by atoms with E-state index in [9.17, 15) is 29.6 Å². The minimum Gasteiger partial charge on any atom is -0.508 e. The van der Waals surface area contributed by atoms with Gasteiger partial charge in [-0.2, -0.15) is 0 Å². The number of nitrogens with two attached hydrogens (primary N) is 1. The number of aromatic hydroxyl groups is 2.